The number of ether oxygens (including phenoxy) is 5. The van der Waals surface area contributed by atoms with E-state index in [1.54, 1.807) is 0 Å². The van der Waals surface area contributed by atoms with Crippen molar-refractivity contribution in [2.45, 2.75) is 50.5 Å². The number of nitro benzene ring substituents is 1. The summed E-state index contributed by atoms with van der Waals surface area (Å²) in [5, 5.41) is 14.0. The van der Waals surface area contributed by atoms with E-state index < -0.39 is 41.9 Å². The van der Waals surface area contributed by atoms with Crippen molar-refractivity contribution in [1.82, 2.24) is 5.32 Å². The summed E-state index contributed by atoms with van der Waals surface area (Å²) in [4.78, 5) is 22.8. The van der Waals surface area contributed by atoms with Crippen molar-refractivity contribution in [3.63, 3.8) is 0 Å². The molecule has 6 atom stereocenters. The topological polar surface area (TPSA) is 118 Å². The molecule has 3 aromatic carbocycles. The van der Waals surface area contributed by atoms with Crippen molar-refractivity contribution in [3.05, 3.63) is 106 Å². The molecule has 3 aromatic rings. The molecule has 2 aliphatic heterocycles. The number of nitrogens with zero attached hydrogens (tertiary/aromatic N) is 1. The Morgan fingerprint density at radius 1 is 1.00 bits per heavy atom. The Labute approximate surface area is 219 Å². The summed E-state index contributed by atoms with van der Waals surface area (Å²) in [6.45, 7) is 1.89. The molecule has 2 saturated heterocycles. The molecule has 0 saturated carbocycles. The van der Waals surface area contributed by atoms with Gasteiger partial charge < -0.3 is 29.0 Å². The number of nitro groups is 1. The van der Waals surface area contributed by atoms with Gasteiger partial charge >= 0.3 is 0 Å². The summed E-state index contributed by atoms with van der Waals surface area (Å²) in [6.07, 6.45) is -3.39. The van der Waals surface area contributed by atoms with Crippen molar-refractivity contribution in [2.75, 3.05) is 6.61 Å². The molecule has 38 heavy (non-hydrogen) atoms. The number of carbonyl (C=O) groups is 1. The van der Waals surface area contributed by atoms with Crippen LogP contribution in [0.25, 0.3) is 0 Å². The van der Waals surface area contributed by atoms with E-state index in [0.717, 1.165) is 11.1 Å². The maximum atomic E-state index is 12.3. The predicted molar refractivity (Wildman–Crippen MR) is 135 cm³/mol. The maximum Gasteiger partial charge on any atom is 0.269 e. The van der Waals surface area contributed by atoms with Crippen molar-refractivity contribution >= 4 is 11.6 Å². The van der Waals surface area contributed by atoms with E-state index in [1.807, 2.05) is 60.7 Å². The molecular formula is C28H28N2O8. The largest absolute Gasteiger partial charge is 0.463 e. The van der Waals surface area contributed by atoms with Gasteiger partial charge in [-0.25, -0.2) is 0 Å². The van der Waals surface area contributed by atoms with Gasteiger partial charge in [0.1, 0.15) is 30.1 Å². The van der Waals surface area contributed by atoms with Gasteiger partial charge in [0.25, 0.3) is 5.69 Å². The molecular weight excluding hydrogens is 492 g/mol. The van der Waals surface area contributed by atoms with Crippen molar-refractivity contribution in [3.8, 4) is 5.75 Å². The number of carbonyl (C=O) groups excluding carboxylic acids is 1. The lowest BCUT2D eigenvalue weighted by Gasteiger charge is -2.49. The van der Waals surface area contributed by atoms with Crippen LogP contribution in [0.2, 0.25) is 0 Å². The first kappa shape index (κ1) is 25.8. The second-order valence-electron chi connectivity index (χ2n) is 9.08. The fraction of sp³-hybridized carbons (Fsp3) is 0.321. The van der Waals surface area contributed by atoms with E-state index in [1.165, 1.54) is 31.2 Å². The van der Waals surface area contributed by atoms with Crippen LogP contribution in [0.1, 0.15) is 24.3 Å². The van der Waals surface area contributed by atoms with Gasteiger partial charge in [-0.3, -0.25) is 14.9 Å². The summed E-state index contributed by atoms with van der Waals surface area (Å²) in [5.41, 5.74) is 1.75. The number of nitrogens with one attached hydrogen (secondary N) is 1. The van der Waals surface area contributed by atoms with Crippen LogP contribution in [0, 0.1) is 10.1 Å². The third-order valence-corrected chi connectivity index (χ3v) is 6.37. The fourth-order valence-corrected chi connectivity index (χ4v) is 4.59. The zero-order chi connectivity index (χ0) is 26.5. The zero-order valence-electron chi connectivity index (χ0n) is 20.7. The predicted octanol–water partition coefficient (Wildman–Crippen LogP) is 3.90. The lowest BCUT2D eigenvalue weighted by atomic mass is 9.95. The van der Waals surface area contributed by atoms with Crippen LogP contribution in [-0.4, -0.2) is 48.1 Å². The van der Waals surface area contributed by atoms with Gasteiger partial charge in [-0.2, -0.15) is 0 Å². The van der Waals surface area contributed by atoms with Crippen molar-refractivity contribution in [2.24, 2.45) is 0 Å². The molecule has 0 aromatic heterocycles. The first-order valence-corrected chi connectivity index (χ1v) is 12.3. The minimum atomic E-state index is -0.970. The standard InChI is InChI=1S/C28H28N2O8/c1-18(31)29-24-26(34-16-19-8-4-2-5-9-19)25-23(17-35-27(38-25)20-10-6-3-7-11-20)37-28(24)36-22-14-12-21(13-15-22)30(32)33/h2-15,23-28H,16-17H2,1H3,(H,29,31)/t23-,24-,25-,26+,27?,28+/m1/s1. The summed E-state index contributed by atoms with van der Waals surface area (Å²) < 4.78 is 31.1. The van der Waals surface area contributed by atoms with Crippen LogP contribution < -0.4 is 10.1 Å². The molecule has 0 bridgehead atoms. The Morgan fingerprint density at radius 3 is 2.34 bits per heavy atom. The molecule has 2 fully saturated rings. The molecule has 1 unspecified atom stereocenters. The van der Waals surface area contributed by atoms with Crippen LogP contribution in [0.15, 0.2) is 84.9 Å². The first-order valence-electron chi connectivity index (χ1n) is 12.3. The van der Waals surface area contributed by atoms with Crippen molar-refractivity contribution < 1.29 is 33.4 Å². The van der Waals surface area contributed by atoms with Crippen LogP contribution in [0.4, 0.5) is 5.69 Å². The number of non-ortho nitro benzene ring substituents is 1. The number of hydrogen-bond donors (Lipinski definition) is 1. The highest BCUT2D eigenvalue weighted by Crippen LogP contribution is 2.36. The highest BCUT2D eigenvalue weighted by atomic mass is 16.8. The number of benzene rings is 3. The lowest BCUT2D eigenvalue weighted by molar-refractivity contribution is -0.384. The monoisotopic (exact) mass is 520 g/mol. The SMILES string of the molecule is CC(=O)N[C@H]1[C@@H](Oc2ccc([N+](=O)[O-])cc2)O[C@@H]2COC(c3ccccc3)O[C@H]2[C@H]1OCc1ccccc1. The lowest BCUT2D eigenvalue weighted by Crippen LogP contribution is -2.68. The molecule has 0 aliphatic carbocycles. The molecule has 0 radical (unpaired) electrons. The molecule has 198 valence electrons. The normalized spacial score (nSPS) is 26.7. The quantitative estimate of drug-likeness (QED) is 0.351. The van der Waals surface area contributed by atoms with Gasteiger partial charge in [-0.1, -0.05) is 60.7 Å². The Balaban J connectivity index is 1.43. The molecule has 1 amide bonds. The molecule has 2 aliphatic rings. The Morgan fingerprint density at radius 2 is 1.68 bits per heavy atom. The third kappa shape index (κ3) is 6.00. The fourth-order valence-electron chi connectivity index (χ4n) is 4.59. The maximum absolute atomic E-state index is 12.3. The molecule has 2 heterocycles. The molecule has 5 rings (SSSR count). The highest BCUT2D eigenvalue weighted by molar-refractivity contribution is 5.73. The average molecular weight is 521 g/mol. The van der Waals surface area contributed by atoms with Crippen molar-refractivity contribution in [1.29, 1.82) is 0 Å². The minimum Gasteiger partial charge on any atom is -0.463 e. The molecule has 10 nitrogen and oxygen atoms in total. The van der Waals surface area contributed by atoms with Gasteiger partial charge in [-0.05, 0) is 17.7 Å². The van der Waals surface area contributed by atoms with E-state index in [4.69, 9.17) is 23.7 Å². The summed E-state index contributed by atoms with van der Waals surface area (Å²) in [5.74, 6) is 0.0466. The van der Waals surface area contributed by atoms with E-state index in [2.05, 4.69) is 5.32 Å². The van der Waals surface area contributed by atoms with Gasteiger partial charge in [0.15, 0.2) is 6.29 Å². The Hall–Kier alpha value is -3.83. The van der Waals surface area contributed by atoms with E-state index >= 15 is 0 Å². The second-order valence-corrected chi connectivity index (χ2v) is 9.08. The smallest absolute Gasteiger partial charge is 0.269 e. The summed E-state index contributed by atoms with van der Waals surface area (Å²) >= 11 is 0. The minimum absolute atomic E-state index is 0.0644. The Bertz CT molecular complexity index is 1220. The number of amides is 1. The number of rotatable bonds is 8. The van der Waals surface area contributed by atoms with Crippen LogP contribution >= 0.6 is 0 Å². The number of fused-ring (bicyclic) bond motifs is 1. The van der Waals surface area contributed by atoms with Gasteiger partial charge in [0.05, 0.1) is 18.1 Å². The third-order valence-electron chi connectivity index (χ3n) is 6.37. The molecule has 1 N–H and O–H groups in total. The van der Waals surface area contributed by atoms with Gasteiger partial charge in [0.2, 0.25) is 12.2 Å². The molecule has 10 heteroatoms. The molecule has 0 spiro atoms. The van der Waals surface area contributed by atoms with E-state index in [9.17, 15) is 14.9 Å². The van der Waals surface area contributed by atoms with Crippen LogP contribution in [-0.2, 0) is 30.3 Å². The van der Waals surface area contributed by atoms with Crippen LogP contribution in [0.5, 0.6) is 5.75 Å². The van der Waals surface area contributed by atoms with E-state index in [0.29, 0.717) is 5.75 Å². The number of hydrogen-bond acceptors (Lipinski definition) is 8. The second kappa shape index (κ2) is 11.7. The summed E-state index contributed by atoms with van der Waals surface area (Å²) in [7, 11) is 0. The van der Waals surface area contributed by atoms with Gasteiger partial charge in [0, 0.05) is 24.6 Å². The zero-order valence-corrected chi connectivity index (χ0v) is 20.7. The van der Waals surface area contributed by atoms with E-state index in [-0.39, 0.29) is 24.8 Å². The Kier molecular flexibility index (Phi) is 7.94. The van der Waals surface area contributed by atoms with Crippen LogP contribution in [0.3, 0.4) is 0 Å². The van der Waals surface area contributed by atoms with Gasteiger partial charge in [-0.15, -0.1) is 0 Å². The first-order chi connectivity index (χ1) is 18.5. The average Bonchev–Trinajstić information content (AvgIpc) is 2.93. The highest BCUT2D eigenvalue weighted by Gasteiger charge is 2.52. The summed E-state index contributed by atoms with van der Waals surface area (Å²) in [6, 6.07) is 24.1.